The third-order valence-electron chi connectivity index (χ3n) is 8.76. The maximum absolute atomic E-state index is 13.4. The van der Waals surface area contributed by atoms with Crippen LogP contribution in [0.2, 0.25) is 0 Å². The van der Waals surface area contributed by atoms with Crippen molar-refractivity contribution in [2.45, 2.75) is 105 Å². The molecule has 0 heterocycles. The van der Waals surface area contributed by atoms with E-state index in [-0.39, 0.29) is 29.8 Å². The summed E-state index contributed by atoms with van der Waals surface area (Å²) in [4.78, 5) is 63.5. The van der Waals surface area contributed by atoms with Gasteiger partial charge in [0, 0.05) is 29.4 Å². The predicted molar refractivity (Wildman–Crippen MR) is 166 cm³/mol. The summed E-state index contributed by atoms with van der Waals surface area (Å²) in [6.45, 7) is 14.4. The quantitative estimate of drug-likeness (QED) is 0.199. The van der Waals surface area contributed by atoms with Crippen molar-refractivity contribution in [1.82, 2.24) is 16.0 Å². The van der Waals surface area contributed by atoms with Crippen molar-refractivity contribution in [2.24, 2.45) is 17.3 Å². The fourth-order valence-electron chi connectivity index (χ4n) is 6.25. The maximum atomic E-state index is 13.4. The number of Topliss-reactive ketones (excluding diaryl/α,β-unsaturated/α-hetero) is 1. The van der Waals surface area contributed by atoms with Crippen LogP contribution in [0.15, 0.2) is 33.9 Å². The molecule has 4 atom stereocenters. The van der Waals surface area contributed by atoms with E-state index in [1.165, 1.54) is 18.7 Å². The van der Waals surface area contributed by atoms with E-state index in [0.29, 0.717) is 17.7 Å². The van der Waals surface area contributed by atoms with Crippen molar-refractivity contribution in [3.8, 4) is 0 Å². The highest BCUT2D eigenvalue weighted by Crippen LogP contribution is 2.65. The second-order valence-electron chi connectivity index (χ2n) is 13.2. The molecule has 11 heteroatoms. The molecule has 1 saturated carbocycles. The van der Waals surface area contributed by atoms with Gasteiger partial charge in [0.2, 0.25) is 17.7 Å². The number of carbonyl (C=O) groups is 5. The summed E-state index contributed by atoms with van der Waals surface area (Å²) in [7, 11) is 0. The van der Waals surface area contributed by atoms with Gasteiger partial charge in [-0.2, -0.15) is 11.8 Å². The Bertz CT molecular complexity index is 1270. The molecule has 3 aliphatic carbocycles. The number of rotatable bonds is 14. The zero-order valence-corrected chi connectivity index (χ0v) is 27.4. The SMILES string of the molecule is CC(=O)N[C@H](CSCC1=C(C)C=C2C(=O)[C@](C)(O)C3(CC3)C(C)=C21)C(=O)N[C@@H](CC(C)C)C(=O)N[C@@H](CC(C)C)C(=O)O. The Labute approximate surface area is 258 Å². The molecule has 1 fully saturated rings. The molecule has 5 N–H and O–H groups in total. The van der Waals surface area contributed by atoms with E-state index in [9.17, 15) is 34.2 Å². The van der Waals surface area contributed by atoms with Gasteiger partial charge in [-0.25, -0.2) is 4.79 Å². The highest BCUT2D eigenvalue weighted by atomic mass is 32.2. The number of amides is 3. The van der Waals surface area contributed by atoms with E-state index in [1.54, 1.807) is 6.92 Å². The first-order valence-corrected chi connectivity index (χ1v) is 16.2. The highest BCUT2D eigenvalue weighted by molar-refractivity contribution is 7.99. The van der Waals surface area contributed by atoms with Gasteiger partial charge in [0.25, 0.3) is 0 Å². The largest absolute Gasteiger partial charge is 0.480 e. The number of thioether (sulfide) groups is 1. The molecular weight excluding hydrogens is 570 g/mol. The molecule has 0 saturated heterocycles. The van der Waals surface area contributed by atoms with Crippen molar-refractivity contribution in [3.05, 3.63) is 33.9 Å². The summed E-state index contributed by atoms with van der Waals surface area (Å²) in [5.41, 5.74) is 2.40. The lowest BCUT2D eigenvalue weighted by molar-refractivity contribution is -0.143. The normalized spacial score (nSPS) is 22.8. The lowest BCUT2D eigenvalue weighted by atomic mass is 9.67. The molecule has 0 aliphatic heterocycles. The Balaban J connectivity index is 1.73. The highest BCUT2D eigenvalue weighted by Gasteiger charge is 2.65. The van der Waals surface area contributed by atoms with E-state index in [0.717, 1.165) is 35.1 Å². The Morgan fingerprint density at radius 1 is 0.930 bits per heavy atom. The predicted octanol–water partition coefficient (Wildman–Crippen LogP) is 3.06. The molecule has 0 aromatic carbocycles. The summed E-state index contributed by atoms with van der Waals surface area (Å²) in [6.07, 6.45) is 3.89. The van der Waals surface area contributed by atoms with Crippen LogP contribution >= 0.6 is 11.8 Å². The molecule has 0 aromatic rings. The third kappa shape index (κ3) is 7.42. The van der Waals surface area contributed by atoms with Crippen molar-refractivity contribution in [3.63, 3.8) is 0 Å². The first-order valence-electron chi connectivity index (χ1n) is 15.0. The first kappa shape index (κ1) is 34.6. The molecule has 0 aromatic heterocycles. The van der Waals surface area contributed by atoms with Crippen LogP contribution in [0.5, 0.6) is 0 Å². The second kappa shape index (κ2) is 13.4. The van der Waals surface area contributed by atoms with E-state index in [2.05, 4.69) is 16.0 Å². The fraction of sp³-hybridized carbons (Fsp3) is 0.656. The number of ketones is 1. The van der Waals surface area contributed by atoms with Crippen LogP contribution in [0.3, 0.4) is 0 Å². The van der Waals surface area contributed by atoms with Crippen LogP contribution in [0.4, 0.5) is 0 Å². The number of carboxylic acids is 1. The average molecular weight is 618 g/mol. The summed E-state index contributed by atoms with van der Waals surface area (Å²) >= 11 is 1.43. The molecule has 43 heavy (non-hydrogen) atoms. The molecule has 0 radical (unpaired) electrons. The molecule has 1 spiro atoms. The molecule has 0 bridgehead atoms. The van der Waals surface area contributed by atoms with Gasteiger partial charge in [-0.1, -0.05) is 33.3 Å². The van der Waals surface area contributed by atoms with Crippen LogP contribution in [0.1, 0.15) is 81.1 Å². The van der Waals surface area contributed by atoms with Gasteiger partial charge < -0.3 is 26.2 Å². The van der Waals surface area contributed by atoms with Crippen LogP contribution in [-0.4, -0.2) is 74.9 Å². The van der Waals surface area contributed by atoms with Crippen molar-refractivity contribution < 1.29 is 34.2 Å². The molecule has 3 amide bonds. The number of allylic oxidation sites excluding steroid dienone is 3. The van der Waals surface area contributed by atoms with Gasteiger partial charge in [-0.05, 0) is 81.1 Å². The summed E-state index contributed by atoms with van der Waals surface area (Å²) in [5, 5.41) is 28.7. The van der Waals surface area contributed by atoms with E-state index >= 15 is 0 Å². The van der Waals surface area contributed by atoms with Crippen LogP contribution < -0.4 is 16.0 Å². The van der Waals surface area contributed by atoms with Crippen molar-refractivity contribution in [1.29, 1.82) is 0 Å². The molecule has 0 unspecified atom stereocenters. The molecule has 238 valence electrons. The number of carboxylic acid groups (broad SMARTS) is 1. The molecule has 10 nitrogen and oxygen atoms in total. The number of aliphatic hydroxyl groups is 1. The minimum absolute atomic E-state index is 0.0299. The Morgan fingerprint density at radius 3 is 1.98 bits per heavy atom. The molecular formula is C32H47N3O7S. The van der Waals surface area contributed by atoms with E-state index in [1.807, 2.05) is 47.6 Å². The number of aliphatic carboxylic acids is 1. The minimum atomic E-state index is -1.43. The summed E-state index contributed by atoms with van der Waals surface area (Å²) in [5.74, 6) is -2.14. The number of hydrogen-bond acceptors (Lipinski definition) is 7. The van der Waals surface area contributed by atoms with Crippen LogP contribution in [0.25, 0.3) is 0 Å². The van der Waals surface area contributed by atoms with E-state index in [4.69, 9.17) is 0 Å². The smallest absolute Gasteiger partial charge is 0.326 e. The monoisotopic (exact) mass is 617 g/mol. The number of fused-ring (bicyclic) bond motifs is 1. The van der Waals surface area contributed by atoms with Crippen molar-refractivity contribution >= 4 is 41.2 Å². The molecule has 3 rings (SSSR count). The second-order valence-corrected chi connectivity index (χ2v) is 14.2. The standard InChI is InChI=1S/C32H47N3O7S/c1-16(2)11-23(28(38)35-24(30(40)41)12-17(3)4)34-29(39)25(33-20(7)36)15-43-14-22-18(5)13-21-26(22)19(6)32(9-10-32)31(8,42)27(21)37/h13,16-17,23-25,42H,9-12,14-15H2,1-8H3,(H,33,36)(H,34,39)(H,35,38)(H,40,41)/t23-,24-,25+,31-/m0/s1. The molecule has 3 aliphatic rings. The van der Waals surface area contributed by atoms with Crippen LogP contribution in [0, 0.1) is 17.3 Å². The minimum Gasteiger partial charge on any atom is -0.480 e. The van der Waals surface area contributed by atoms with Crippen molar-refractivity contribution in [2.75, 3.05) is 11.5 Å². The topological polar surface area (TPSA) is 162 Å². The van der Waals surface area contributed by atoms with Gasteiger partial charge in [0.1, 0.15) is 23.7 Å². The average Bonchev–Trinajstić information content (AvgIpc) is 3.64. The fourth-order valence-corrected chi connectivity index (χ4v) is 7.41. The number of nitrogens with one attached hydrogen (secondary N) is 3. The summed E-state index contributed by atoms with van der Waals surface area (Å²) in [6, 6.07) is -2.99. The van der Waals surface area contributed by atoms with Crippen LogP contribution in [-0.2, 0) is 24.0 Å². The van der Waals surface area contributed by atoms with Gasteiger partial charge in [-0.3, -0.25) is 19.2 Å². The number of hydrogen-bond donors (Lipinski definition) is 5. The lowest BCUT2D eigenvalue weighted by Gasteiger charge is -2.39. The number of carbonyl (C=O) groups excluding carboxylic acids is 4. The lowest BCUT2D eigenvalue weighted by Crippen LogP contribution is -2.56. The van der Waals surface area contributed by atoms with Gasteiger partial charge >= 0.3 is 5.97 Å². The summed E-state index contributed by atoms with van der Waals surface area (Å²) < 4.78 is 0. The van der Waals surface area contributed by atoms with E-state index < -0.39 is 52.8 Å². The van der Waals surface area contributed by atoms with Gasteiger partial charge in [0.05, 0.1) is 0 Å². The van der Waals surface area contributed by atoms with Gasteiger partial charge in [-0.15, -0.1) is 0 Å². The zero-order valence-electron chi connectivity index (χ0n) is 26.6. The van der Waals surface area contributed by atoms with Gasteiger partial charge in [0.15, 0.2) is 5.78 Å². The first-order chi connectivity index (χ1) is 19.9. The Morgan fingerprint density at radius 2 is 1.47 bits per heavy atom. The zero-order chi connectivity index (χ0) is 32.4. The Kier molecular flexibility index (Phi) is 10.8. The third-order valence-corrected chi connectivity index (χ3v) is 9.82. The maximum Gasteiger partial charge on any atom is 0.326 e. The Hall–Kier alpha value is -2.92.